The quantitative estimate of drug-likeness (QED) is 0.553. The molecule has 1 aliphatic carbocycles. The predicted octanol–water partition coefficient (Wildman–Crippen LogP) is 4.71. The molecule has 10 heteroatoms. The van der Waals surface area contributed by atoms with Gasteiger partial charge in [-0.2, -0.15) is 0 Å². The average Bonchev–Trinajstić information content (AvgIpc) is 3.02. The van der Waals surface area contributed by atoms with Gasteiger partial charge in [0.25, 0.3) is 0 Å². The summed E-state index contributed by atoms with van der Waals surface area (Å²) in [5, 5.41) is 2.97. The van der Waals surface area contributed by atoms with Crippen molar-refractivity contribution in [1.82, 2.24) is 0 Å². The first kappa shape index (κ1) is 25.4. The lowest BCUT2D eigenvalue weighted by Gasteiger charge is -2.60. The molecule has 5 aliphatic rings. The van der Waals surface area contributed by atoms with Crippen LogP contribution in [0.5, 0.6) is 0 Å². The zero-order valence-electron chi connectivity index (χ0n) is 20.6. The van der Waals surface area contributed by atoms with Gasteiger partial charge < -0.3 is 14.8 Å². The van der Waals surface area contributed by atoms with Crippen molar-refractivity contribution in [2.45, 2.75) is 88.0 Å². The third kappa shape index (κ3) is 4.42. The van der Waals surface area contributed by atoms with Crippen LogP contribution in [-0.4, -0.2) is 44.4 Å². The van der Waals surface area contributed by atoms with E-state index in [0.717, 1.165) is 31.9 Å². The van der Waals surface area contributed by atoms with Crippen molar-refractivity contribution in [3.8, 4) is 0 Å². The summed E-state index contributed by atoms with van der Waals surface area (Å²) >= 11 is 6.22. The maximum atomic E-state index is 12.7. The fourth-order valence-corrected chi connectivity index (χ4v) is 7.56. The topological polar surface area (TPSA) is 100 Å². The number of sulfone groups is 1. The van der Waals surface area contributed by atoms with Crippen LogP contribution < -0.4 is 5.32 Å². The van der Waals surface area contributed by atoms with E-state index in [0.29, 0.717) is 23.9 Å². The van der Waals surface area contributed by atoms with Gasteiger partial charge in [0.05, 0.1) is 21.7 Å². The number of carbonyl (C=O) groups is 1. The van der Waals surface area contributed by atoms with E-state index in [1.807, 2.05) is 6.92 Å². The minimum atomic E-state index is -3.38. The molecule has 4 aliphatic heterocycles. The number of amides is 1. The summed E-state index contributed by atoms with van der Waals surface area (Å²) in [6, 6.07) is 4.29. The van der Waals surface area contributed by atoms with Crippen LogP contribution in [0.3, 0.4) is 0 Å². The normalized spacial score (nSPS) is 40.6. The van der Waals surface area contributed by atoms with E-state index in [2.05, 4.69) is 19.2 Å². The molecule has 2 bridgehead atoms. The maximum absolute atomic E-state index is 12.7. The monoisotopic (exact) mass is 527 g/mol. The molecule has 5 fully saturated rings. The number of halogens is 1. The van der Waals surface area contributed by atoms with Gasteiger partial charge in [-0.25, -0.2) is 18.2 Å². The number of ether oxygens (including phenoxy) is 2. The number of carbonyl (C=O) groups excluding carboxylic acids is 1. The summed E-state index contributed by atoms with van der Waals surface area (Å²) in [4.78, 5) is 24.9. The summed E-state index contributed by atoms with van der Waals surface area (Å²) in [6.45, 7) is 6.36. The Labute approximate surface area is 211 Å². The third-order valence-corrected chi connectivity index (χ3v) is 10.0. The molecule has 8 atom stereocenters. The first-order valence-electron chi connectivity index (χ1n) is 12.4. The highest BCUT2D eigenvalue weighted by Gasteiger charge is 2.69. The van der Waals surface area contributed by atoms with Gasteiger partial charge in [-0.1, -0.05) is 25.4 Å². The van der Waals surface area contributed by atoms with Gasteiger partial charge in [-0.3, -0.25) is 4.79 Å². The molecule has 1 aromatic carbocycles. The third-order valence-electron chi connectivity index (χ3n) is 8.59. The minimum Gasteiger partial charge on any atom is -0.346 e. The highest BCUT2D eigenvalue weighted by Crippen LogP contribution is 2.60. The standard InChI is InChI=1S/C25H34ClNO7S/c1-14-5-7-18-15(2)21(31-23-25(18)17(14)11-12-24(3,32-23)33-34-25)9-10-22(28)27-20-8-6-16(13-19(20)26)35(4,29)30/h6,8,13-15,17-18,21,23H,5,7,9-12H2,1-4H3,(H,27,28)/t14-,15-,17+,18+,21-,23-,24+,25-/m1/s1. The van der Waals surface area contributed by atoms with E-state index in [1.54, 1.807) is 0 Å². The number of fused-ring (bicyclic) bond motifs is 2. The van der Waals surface area contributed by atoms with E-state index in [9.17, 15) is 13.2 Å². The lowest BCUT2D eigenvalue weighted by Crippen LogP contribution is -2.70. The summed E-state index contributed by atoms with van der Waals surface area (Å²) in [5.41, 5.74) is -0.228. The molecule has 0 unspecified atom stereocenters. The van der Waals surface area contributed by atoms with Crippen molar-refractivity contribution in [3.63, 3.8) is 0 Å². The minimum absolute atomic E-state index is 0.108. The van der Waals surface area contributed by atoms with Crippen LogP contribution in [0.2, 0.25) is 5.02 Å². The lowest BCUT2D eigenvalue weighted by molar-refractivity contribution is -0.571. The number of hydrogen-bond acceptors (Lipinski definition) is 7. The van der Waals surface area contributed by atoms with Crippen LogP contribution in [0.4, 0.5) is 5.69 Å². The lowest BCUT2D eigenvalue weighted by atomic mass is 9.57. The van der Waals surface area contributed by atoms with E-state index >= 15 is 0 Å². The molecule has 1 amide bonds. The molecule has 8 nitrogen and oxygen atoms in total. The predicted molar refractivity (Wildman–Crippen MR) is 129 cm³/mol. The van der Waals surface area contributed by atoms with Crippen LogP contribution in [0.1, 0.15) is 59.3 Å². The molecule has 35 heavy (non-hydrogen) atoms. The number of nitrogens with one attached hydrogen (secondary N) is 1. The molecule has 194 valence electrons. The molecule has 1 N–H and O–H groups in total. The Morgan fingerprint density at radius 3 is 2.66 bits per heavy atom. The molecule has 4 heterocycles. The van der Waals surface area contributed by atoms with Crippen LogP contribution in [-0.2, 0) is 33.9 Å². The maximum Gasteiger partial charge on any atom is 0.224 e. The molecule has 0 radical (unpaired) electrons. The number of hydrogen-bond donors (Lipinski definition) is 1. The van der Waals surface area contributed by atoms with Crippen molar-refractivity contribution in [2.24, 2.45) is 23.7 Å². The zero-order chi connectivity index (χ0) is 25.2. The first-order chi connectivity index (χ1) is 16.4. The van der Waals surface area contributed by atoms with Crippen LogP contribution >= 0.6 is 11.6 Å². The van der Waals surface area contributed by atoms with Crippen LogP contribution in [0.25, 0.3) is 0 Å². The molecular weight excluding hydrogens is 494 g/mol. The Morgan fingerprint density at radius 1 is 1.17 bits per heavy atom. The highest BCUT2D eigenvalue weighted by atomic mass is 35.5. The van der Waals surface area contributed by atoms with E-state index in [-0.39, 0.29) is 40.2 Å². The second-order valence-electron chi connectivity index (χ2n) is 10.9. The van der Waals surface area contributed by atoms with E-state index in [4.69, 9.17) is 30.8 Å². The van der Waals surface area contributed by atoms with Crippen molar-refractivity contribution in [2.75, 3.05) is 11.6 Å². The Hall–Kier alpha value is -1.23. The fourth-order valence-electron chi connectivity index (χ4n) is 6.62. The van der Waals surface area contributed by atoms with Crippen LogP contribution in [0, 0.1) is 23.7 Å². The molecule has 1 saturated carbocycles. The van der Waals surface area contributed by atoms with Gasteiger partial charge >= 0.3 is 0 Å². The second kappa shape index (κ2) is 8.96. The van der Waals surface area contributed by atoms with Gasteiger partial charge in [0.2, 0.25) is 11.7 Å². The summed E-state index contributed by atoms with van der Waals surface area (Å²) in [5.74, 6) is 0.157. The average molecular weight is 528 g/mol. The molecule has 0 aromatic heterocycles. The molecule has 1 aromatic rings. The molecule has 6 rings (SSSR count). The smallest absolute Gasteiger partial charge is 0.224 e. The largest absolute Gasteiger partial charge is 0.346 e. The van der Waals surface area contributed by atoms with Crippen molar-refractivity contribution in [3.05, 3.63) is 23.2 Å². The van der Waals surface area contributed by atoms with Crippen molar-refractivity contribution >= 4 is 33.0 Å². The Balaban J connectivity index is 1.28. The SMILES string of the molecule is C[C@H]1[C@@H](CCC(=O)Nc2ccc(S(C)(=O)=O)cc2Cl)O[C@@H]2O[C@]3(C)CC[C@H]4[C@H](C)CC[C@@H]1[C@@]24OO3. The van der Waals surface area contributed by atoms with Crippen LogP contribution in [0.15, 0.2) is 23.1 Å². The molecular formula is C25H34ClNO7S. The molecule has 1 spiro atoms. The summed E-state index contributed by atoms with van der Waals surface area (Å²) in [7, 11) is -3.38. The zero-order valence-corrected chi connectivity index (χ0v) is 22.2. The number of rotatable bonds is 5. The van der Waals surface area contributed by atoms with Gasteiger partial charge in [0.15, 0.2) is 21.7 Å². The van der Waals surface area contributed by atoms with Gasteiger partial charge in [-0.15, -0.1) is 0 Å². The first-order valence-corrected chi connectivity index (χ1v) is 14.7. The summed E-state index contributed by atoms with van der Waals surface area (Å²) in [6.07, 6.45) is 5.06. The highest BCUT2D eigenvalue weighted by molar-refractivity contribution is 7.90. The van der Waals surface area contributed by atoms with Crippen molar-refractivity contribution < 1.29 is 32.5 Å². The number of benzene rings is 1. The Bertz CT molecular complexity index is 1110. The Morgan fingerprint density at radius 2 is 1.94 bits per heavy atom. The van der Waals surface area contributed by atoms with Crippen molar-refractivity contribution in [1.29, 1.82) is 0 Å². The van der Waals surface area contributed by atoms with E-state index in [1.165, 1.54) is 18.2 Å². The number of anilines is 1. The van der Waals surface area contributed by atoms with Gasteiger partial charge in [0, 0.05) is 25.0 Å². The fraction of sp³-hybridized carbons (Fsp3) is 0.720. The summed E-state index contributed by atoms with van der Waals surface area (Å²) < 4.78 is 36.4. The Kier molecular flexibility index (Phi) is 6.51. The second-order valence-corrected chi connectivity index (χ2v) is 13.4. The van der Waals surface area contributed by atoms with Gasteiger partial charge in [0.1, 0.15) is 0 Å². The molecule has 4 saturated heterocycles. The van der Waals surface area contributed by atoms with Gasteiger partial charge in [-0.05, 0) is 68.6 Å². The van der Waals surface area contributed by atoms with E-state index < -0.39 is 27.5 Å².